The topological polar surface area (TPSA) is 116 Å². The minimum Gasteiger partial charge on any atom is -0.462 e. The number of allylic oxidation sites excluding steroid dienone is 1. The fraction of sp³-hybridized carbons (Fsp3) is 0.769. The number of ether oxygens (including phenoxy) is 3. The fourth-order valence-electron chi connectivity index (χ4n) is 8.54. The Morgan fingerprint density at radius 3 is 2.12 bits per heavy atom. The van der Waals surface area contributed by atoms with Crippen LogP contribution in [-0.4, -0.2) is 53.2 Å². The van der Waals surface area contributed by atoms with Crippen LogP contribution in [0.1, 0.15) is 67.2 Å². The maximum absolute atomic E-state index is 13.9. The number of carbonyl (C=O) groups is 4. The molecular weight excluding hydrogens is 440 g/mol. The van der Waals surface area contributed by atoms with Gasteiger partial charge in [0.1, 0.15) is 12.2 Å². The number of esters is 3. The first kappa shape index (κ1) is 24.9. The van der Waals surface area contributed by atoms with E-state index in [-0.39, 0.29) is 11.7 Å². The largest absolute Gasteiger partial charge is 0.462 e. The average molecular weight is 477 g/mol. The zero-order chi connectivity index (χ0) is 25.4. The average Bonchev–Trinajstić information content (AvgIpc) is 2.88. The van der Waals surface area contributed by atoms with Gasteiger partial charge >= 0.3 is 17.9 Å². The van der Waals surface area contributed by atoms with E-state index in [1.54, 1.807) is 0 Å². The van der Waals surface area contributed by atoms with Gasteiger partial charge in [-0.2, -0.15) is 0 Å². The number of aliphatic hydroxyl groups excluding tert-OH is 1. The summed E-state index contributed by atoms with van der Waals surface area (Å²) in [5, 5.41) is 11.5. The summed E-state index contributed by atoms with van der Waals surface area (Å²) in [4.78, 5) is 50.5. The molecule has 0 aliphatic heterocycles. The second-order valence-electron chi connectivity index (χ2n) is 11.6. The van der Waals surface area contributed by atoms with E-state index in [0.717, 1.165) is 0 Å². The lowest BCUT2D eigenvalue weighted by Crippen LogP contribution is -2.74. The zero-order valence-electron chi connectivity index (χ0n) is 20.9. The highest BCUT2D eigenvalue weighted by Gasteiger charge is 2.77. The van der Waals surface area contributed by atoms with Crippen LogP contribution in [-0.2, 0) is 33.4 Å². The van der Waals surface area contributed by atoms with E-state index in [1.807, 2.05) is 20.8 Å². The summed E-state index contributed by atoms with van der Waals surface area (Å²) in [7, 11) is 0. The van der Waals surface area contributed by atoms with Crippen molar-refractivity contribution < 1.29 is 38.5 Å². The number of Topliss-reactive ketones (excluding diaryl/α,β-unsaturated/α-hetero) is 1. The molecule has 4 fully saturated rings. The third kappa shape index (κ3) is 3.28. The van der Waals surface area contributed by atoms with Crippen molar-refractivity contribution in [2.24, 2.45) is 34.0 Å². The van der Waals surface area contributed by atoms with Crippen molar-refractivity contribution in [3.63, 3.8) is 0 Å². The summed E-state index contributed by atoms with van der Waals surface area (Å²) in [5.41, 5.74) is -2.13. The quantitative estimate of drug-likeness (QED) is 0.376. The van der Waals surface area contributed by atoms with Gasteiger partial charge in [0, 0.05) is 38.0 Å². The first-order chi connectivity index (χ1) is 15.7. The van der Waals surface area contributed by atoms with Crippen molar-refractivity contribution in [1.82, 2.24) is 0 Å². The molecule has 8 nitrogen and oxygen atoms in total. The summed E-state index contributed by atoms with van der Waals surface area (Å²) in [6, 6.07) is 0. The molecule has 1 spiro atoms. The highest BCUT2D eigenvalue weighted by atomic mass is 16.6. The molecule has 0 heterocycles. The third-order valence-corrected chi connectivity index (χ3v) is 9.29. The molecule has 9 atom stereocenters. The molecule has 4 rings (SSSR count). The lowest BCUT2D eigenvalue weighted by Gasteiger charge is -2.68. The van der Waals surface area contributed by atoms with Gasteiger partial charge in [-0.25, -0.2) is 0 Å². The molecule has 1 N–H and O–H groups in total. The Balaban J connectivity index is 1.97. The second-order valence-corrected chi connectivity index (χ2v) is 11.6. The summed E-state index contributed by atoms with van der Waals surface area (Å²) in [6.45, 7) is 13.9. The minimum absolute atomic E-state index is 0.206. The molecule has 4 saturated carbocycles. The van der Waals surface area contributed by atoms with Gasteiger partial charge in [0.2, 0.25) is 0 Å². The van der Waals surface area contributed by atoms with Gasteiger partial charge in [-0.05, 0) is 42.6 Å². The van der Waals surface area contributed by atoms with E-state index in [9.17, 15) is 24.3 Å². The summed E-state index contributed by atoms with van der Waals surface area (Å²) in [6.07, 6.45) is -1.38. The Hall–Kier alpha value is -2.22. The van der Waals surface area contributed by atoms with Crippen molar-refractivity contribution in [1.29, 1.82) is 0 Å². The maximum atomic E-state index is 13.9. The smallest absolute Gasteiger partial charge is 0.303 e. The monoisotopic (exact) mass is 476 g/mol. The van der Waals surface area contributed by atoms with Crippen LogP contribution in [0.25, 0.3) is 0 Å². The van der Waals surface area contributed by atoms with Crippen molar-refractivity contribution in [3.8, 4) is 0 Å². The van der Waals surface area contributed by atoms with Gasteiger partial charge in [0.05, 0.1) is 11.5 Å². The first-order valence-corrected chi connectivity index (χ1v) is 12.1. The van der Waals surface area contributed by atoms with Gasteiger partial charge in [-0.3, -0.25) is 19.2 Å². The number of hydrogen-bond acceptors (Lipinski definition) is 8. The van der Waals surface area contributed by atoms with Crippen molar-refractivity contribution in [2.75, 3.05) is 0 Å². The van der Waals surface area contributed by atoms with Gasteiger partial charge in [-0.15, -0.1) is 0 Å². The number of carbonyl (C=O) groups excluding carboxylic acids is 4. The van der Waals surface area contributed by atoms with E-state index in [2.05, 4.69) is 6.58 Å². The van der Waals surface area contributed by atoms with Crippen LogP contribution in [0.4, 0.5) is 0 Å². The summed E-state index contributed by atoms with van der Waals surface area (Å²) in [5.74, 6) is -2.94. The van der Waals surface area contributed by atoms with Crippen LogP contribution in [0, 0.1) is 34.0 Å². The van der Waals surface area contributed by atoms with Gasteiger partial charge < -0.3 is 19.3 Å². The minimum atomic E-state index is -1.22. The Kier molecular flexibility index (Phi) is 5.78. The molecule has 188 valence electrons. The first-order valence-electron chi connectivity index (χ1n) is 12.1. The SMILES string of the molecule is C=C1C(=O)C23CC1CC(O)C2C1(C)CCC(OC(C)=O)C(C)(C)C1C(OC(C)=O)C3OC(C)=O. The molecule has 4 aliphatic rings. The predicted octanol–water partition coefficient (Wildman–Crippen LogP) is 2.75. The van der Waals surface area contributed by atoms with E-state index in [1.165, 1.54) is 20.8 Å². The Labute approximate surface area is 200 Å². The van der Waals surface area contributed by atoms with Crippen LogP contribution in [0.5, 0.6) is 0 Å². The van der Waals surface area contributed by atoms with Crippen molar-refractivity contribution in [2.45, 2.75) is 91.6 Å². The molecule has 2 bridgehead atoms. The summed E-state index contributed by atoms with van der Waals surface area (Å²) >= 11 is 0. The molecule has 4 aliphatic carbocycles. The van der Waals surface area contributed by atoms with Gasteiger partial charge in [-0.1, -0.05) is 27.4 Å². The predicted molar refractivity (Wildman–Crippen MR) is 120 cm³/mol. The molecule has 0 radical (unpaired) electrons. The molecule has 8 heteroatoms. The maximum Gasteiger partial charge on any atom is 0.303 e. The molecule has 9 unspecified atom stereocenters. The lowest BCUT2D eigenvalue weighted by atomic mass is 9.38. The third-order valence-electron chi connectivity index (χ3n) is 9.29. The van der Waals surface area contributed by atoms with Gasteiger partial charge in [0.15, 0.2) is 11.9 Å². The van der Waals surface area contributed by atoms with Crippen LogP contribution >= 0.6 is 0 Å². The van der Waals surface area contributed by atoms with Crippen LogP contribution in [0.2, 0.25) is 0 Å². The molecule has 34 heavy (non-hydrogen) atoms. The number of hydrogen-bond donors (Lipinski definition) is 1. The number of ketones is 1. The lowest BCUT2D eigenvalue weighted by molar-refractivity contribution is -0.285. The molecular formula is C26H36O8. The Morgan fingerprint density at radius 1 is 0.971 bits per heavy atom. The molecule has 0 amide bonds. The second kappa shape index (κ2) is 7.90. The molecule has 0 aromatic carbocycles. The molecule has 0 saturated heterocycles. The van der Waals surface area contributed by atoms with E-state index < -0.39 is 70.4 Å². The fourth-order valence-corrected chi connectivity index (χ4v) is 8.54. The summed E-state index contributed by atoms with van der Waals surface area (Å²) < 4.78 is 17.5. The number of rotatable bonds is 3. The molecule has 0 aromatic heterocycles. The van der Waals surface area contributed by atoms with Crippen LogP contribution in [0.3, 0.4) is 0 Å². The van der Waals surface area contributed by atoms with Crippen molar-refractivity contribution >= 4 is 23.7 Å². The Bertz CT molecular complexity index is 952. The van der Waals surface area contributed by atoms with E-state index in [0.29, 0.717) is 31.3 Å². The molecule has 0 aromatic rings. The van der Waals surface area contributed by atoms with E-state index >= 15 is 0 Å². The zero-order valence-corrected chi connectivity index (χ0v) is 20.9. The van der Waals surface area contributed by atoms with Crippen LogP contribution in [0.15, 0.2) is 12.2 Å². The van der Waals surface area contributed by atoms with Crippen LogP contribution < -0.4 is 0 Å². The van der Waals surface area contributed by atoms with Crippen molar-refractivity contribution in [3.05, 3.63) is 12.2 Å². The van der Waals surface area contributed by atoms with Gasteiger partial charge in [0.25, 0.3) is 0 Å². The highest BCUT2D eigenvalue weighted by molar-refractivity contribution is 6.04. The normalized spacial score (nSPS) is 44.5. The standard InChI is InChI=1S/C26H36O8/c1-12-16-10-17(30)20-25(7)9-8-18(32-13(2)27)24(5,6)21(25)19(33-14(3)28)23(34-15(4)29)26(20,11-16)22(12)31/h16-21,23,30H,1,8-11H2,2-7H3. The number of fused-ring (bicyclic) bond motifs is 3. The Morgan fingerprint density at radius 2 is 1.56 bits per heavy atom. The van der Waals surface area contributed by atoms with E-state index in [4.69, 9.17) is 14.2 Å². The highest BCUT2D eigenvalue weighted by Crippen LogP contribution is 2.72. The number of aliphatic hydroxyl groups is 1.